The van der Waals surface area contributed by atoms with Gasteiger partial charge < -0.3 is 10.8 Å². The van der Waals surface area contributed by atoms with E-state index < -0.39 is 5.97 Å². The minimum absolute atomic E-state index is 0. The maximum Gasteiger partial charge on any atom is 0.354 e. The summed E-state index contributed by atoms with van der Waals surface area (Å²) in [4.78, 5) is 15.6. The molecule has 0 radical (unpaired) electrons. The Morgan fingerprint density at radius 2 is 2.00 bits per heavy atom. The Morgan fingerprint density at radius 1 is 1.29 bits per heavy atom. The maximum absolute atomic E-state index is 11.3. The Kier molecular flexibility index (Phi) is 4.80. The number of anilines is 1. The van der Waals surface area contributed by atoms with Crippen LogP contribution >= 0.6 is 12.4 Å². The molecule has 0 amide bonds. The van der Waals surface area contributed by atoms with Crippen molar-refractivity contribution in [2.45, 2.75) is 26.7 Å². The molecular weight excluding hydrogens is 328 g/mol. The van der Waals surface area contributed by atoms with Crippen LogP contribution < -0.4 is 5.73 Å². The average Bonchev–Trinajstić information content (AvgIpc) is 2.87. The number of carbonyl (C=O) groups is 1. The number of carboxylic acid groups (broad SMARTS) is 1. The van der Waals surface area contributed by atoms with Crippen LogP contribution in [0.5, 0.6) is 0 Å². The molecule has 0 aliphatic heterocycles. The molecule has 2 heterocycles. The van der Waals surface area contributed by atoms with Crippen LogP contribution in [0.15, 0.2) is 30.3 Å². The highest BCUT2D eigenvalue weighted by molar-refractivity contribution is 5.97. The van der Waals surface area contributed by atoms with Gasteiger partial charge in [0.05, 0.1) is 16.8 Å². The smallest absolute Gasteiger partial charge is 0.354 e. The second kappa shape index (κ2) is 6.49. The lowest BCUT2D eigenvalue weighted by Gasteiger charge is -2.05. The summed E-state index contributed by atoms with van der Waals surface area (Å²) >= 11 is 0. The first-order valence-corrected chi connectivity index (χ1v) is 7.38. The van der Waals surface area contributed by atoms with Gasteiger partial charge in [0.25, 0.3) is 0 Å². The summed E-state index contributed by atoms with van der Waals surface area (Å²) in [5, 5.41) is 14.6. The number of aromatic nitrogens is 3. The molecule has 3 rings (SSSR count). The molecular formula is C17H19ClN4O2. The lowest BCUT2D eigenvalue weighted by atomic mass is 10.1. The molecule has 0 bridgehead atoms. The molecule has 24 heavy (non-hydrogen) atoms. The molecule has 126 valence electrons. The van der Waals surface area contributed by atoms with Crippen molar-refractivity contribution in [3.05, 3.63) is 47.3 Å². The van der Waals surface area contributed by atoms with E-state index in [1.54, 1.807) is 4.68 Å². The number of halogens is 1. The molecule has 1 aromatic carbocycles. The third-order valence-electron chi connectivity index (χ3n) is 3.71. The van der Waals surface area contributed by atoms with Crippen LogP contribution in [0.1, 0.15) is 41.5 Å². The minimum Gasteiger partial charge on any atom is -0.477 e. The Labute approximate surface area is 145 Å². The van der Waals surface area contributed by atoms with Gasteiger partial charge in [0.2, 0.25) is 0 Å². The van der Waals surface area contributed by atoms with Crippen LogP contribution in [0.4, 0.5) is 5.69 Å². The topological polar surface area (TPSA) is 94.0 Å². The van der Waals surface area contributed by atoms with Crippen LogP contribution in [0.3, 0.4) is 0 Å². The number of carboxylic acids is 1. The van der Waals surface area contributed by atoms with E-state index in [9.17, 15) is 9.90 Å². The number of rotatable bonds is 3. The second-order valence-electron chi connectivity index (χ2n) is 5.89. The van der Waals surface area contributed by atoms with Gasteiger partial charge in [-0.1, -0.05) is 26.0 Å². The average molecular weight is 347 g/mol. The minimum atomic E-state index is -1.11. The molecule has 0 fully saturated rings. The number of nitrogen functional groups attached to an aromatic ring is 1. The van der Waals surface area contributed by atoms with Crippen molar-refractivity contribution >= 4 is 35.1 Å². The first-order valence-electron chi connectivity index (χ1n) is 7.38. The SMILES string of the molecule is Cc1cccc(-n2nc(C(C)C)c3c(N)cc(C(=O)O)nc32)c1.Cl. The first kappa shape index (κ1) is 17.7. The van der Waals surface area contributed by atoms with E-state index in [1.165, 1.54) is 6.07 Å². The van der Waals surface area contributed by atoms with Crippen molar-refractivity contribution in [1.82, 2.24) is 14.8 Å². The number of pyridine rings is 1. The van der Waals surface area contributed by atoms with Gasteiger partial charge in [0.15, 0.2) is 11.3 Å². The third kappa shape index (κ3) is 2.92. The van der Waals surface area contributed by atoms with Crippen molar-refractivity contribution < 1.29 is 9.90 Å². The zero-order valence-electron chi connectivity index (χ0n) is 13.6. The predicted molar refractivity (Wildman–Crippen MR) is 96.3 cm³/mol. The summed E-state index contributed by atoms with van der Waals surface area (Å²) in [6.45, 7) is 6.03. The summed E-state index contributed by atoms with van der Waals surface area (Å²) in [5.41, 5.74) is 9.59. The molecule has 0 atom stereocenters. The highest BCUT2D eigenvalue weighted by atomic mass is 35.5. The fourth-order valence-electron chi connectivity index (χ4n) is 2.63. The monoisotopic (exact) mass is 346 g/mol. The van der Waals surface area contributed by atoms with Gasteiger partial charge in [-0.25, -0.2) is 14.5 Å². The Morgan fingerprint density at radius 3 is 2.58 bits per heavy atom. The first-order chi connectivity index (χ1) is 10.9. The molecule has 2 aromatic heterocycles. The summed E-state index contributed by atoms with van der Waals surface area (Å²) in [6.07, 6.45) is 0. The second-order valence-corrected chi connectivity index (χ2v) is 5.89. The van der Waals surface area contributed by atoms with Crippen LogP contribution in [0.25, 0.3) is 16.7 Å². The Hall–Kier alpha value is -2.60. The van der Waals surface area contributed by atoms with E-state index in [0.29, 0.717) is 16.7 Å². The highest BCUT2D eigenvalue weighted by Crippen LogP contribution is 2.31. The summed E-state index contributed by atoms with van der Waals surface area (Å²) in [7, 11) is 0. The van der Waals surface area contributed by atoms with E-state index >= 15 is 0 Å². The molecule has 7 heteroatoms. The van der Waals surface area contributed by atoms with Gasteiger partial charge in [-0.05, 0) is 36.6 Å². The number of hydrogen-bond donors (Lipinski definition) is 2. The number of hydrogen-bond acceptors (Lipinski definition) is 4. The molecule has 6 nitrogen and oxygen atoms in total. The molecule has 0 aliphatic carbocycles. The van der Waals surface area contributed by atoms with Gasteiger partial charge in [-0.2, -0.15) is 5.10 Å². The summed E-state index contributed by atoms with van der Waals surface area (Å²) < 4.78 is 1.67. The Bertz CT molecular complexity index is 918. The van der Waals surface area contributed by atoms with Gasteiger partial charge in [-0.3, -0.25) is 0 Å². The van der Waals surface area contributed by atoms with E-state index in [-0.39, 0.29) is 24.0 Å². The Balaban J connectivity index is 0.00000208. The normalized spacial score (nSPS) is 10.8. The molecule has 0 aliphatic rings. The van der Waals surface area contributed by atoms with Crippen LogP contribution in [-0.4, -0.2) is 25.8 Å². The van der Waals surface area contributed by atoms with E-state index in [0.717, 1.165) is 16.9 Å². The number of benzene rings is 1. The summed E-state index contributed by atoms with van der Waals surface area (Å²) in [6, 6.07) is 9.19. The van der Waals surface area contributed by atoms with Crippen LogP contribution in [0, 0.1) is 6.92 Å². The molecule has 0 spiro atoms. The molecule has 3 aromatic rings. The quantitative estimate of drug-likeness (QED) is 0.756. The van der Waals surface area contributed by atoms with Gasteiger partial charge in [-0.15, -0.1) is 12.4 Å². The molecule has 3 N–H and O–H groups in total. The lowest BCUT2D eigenvalue weighted by molar-refractivity contribution is 0.0691. The number of nitrogens with zero attached hydrogens (tertiary/aromatic N) is 3. The summed E-state index contributed by atoms with van der Waals surface area (Å²) in [5.74, 6) is -0.968. The number of aryl methyl sites for hydroxylation is 1. The highest BCUT2D eigenvalue weighted by Gasteiger charge is 2.20. The molecule has 0 unspecified atom stereocenters. The standard InChI is InChI=1S/C17H18N4O2.ClH/c1-9(2)15-14-12(18)8-13(17(22)23)19-16(14)21(20-15)11-6-4-5-10(3)7-11;/h4-9H,1-3H3,(H2,18,19)(H,22,23);1H. The van der Waals surface area contributed by atoms with Gasteiger partial charge in [0.1, 0.15) is 0 Å². The van der Waals surface area contributed by atoms with Crippen LogP contribution in [-0.2, 0) is 0 Å². The van der Waals surface area contributed by atoms with Crippen molar-refractivity contribution in [2.75, 3.05) is 5.73 Å². The number of nitrogens with two attached hydrogens (primary N) is 1. The number of fused-ring (bicyclic) bond motifs is 1. The zero-order chi connectivity index (χ0) is 16.7. The lowest BCUT2D eigenvalue weighted by Crippen LogP contribution is -2.05. The van der Waals surface area contributed by atoms with Gasteiger partial charge in [0, 0.05) is 5.69 Å². The fourth-order valence-corrected chi connectivity index (χ4v) is 2.63. The van der Waals surface area contributed by atoms with E-state index in [2.05, 4.69) is 10.1 Å². The van der Waals surface area contributed by atoms with Crippen molar-refractivity contribution in [1.29, 1.82) is 0 Å². The molecule has 0 saturated heterocycles. The fraction of sp³-hybridized carbons (Fsp3) is 0.235. The zero-order valence-corrected chi connectivity index (χ0v) is 14.5. The van der Waals surface area contributed by atoms with Gasteiger partial charge >= 0.3 is 5.97 Å². The third-order valence-corrected chi connectivity index (χ3v) is 3.71. The van der Waals surface area contributed by atoms with E-state index in [4.69, 9.17) is 5.73 Å². The predicted octanol–water partition coefficient (Wildman–Crippen LogP) is 3.55. The largest absolute Gasteiger partial charge is 0.477 e. The maximum atomic E-state index is 11.3. The molecule has 0 saturated carbocycles. The van der Waals surface area contributed by atoms with Crippen molar-refractivity contribution in [3.8, 4) is 5.69 Å². The van der Waals surface area contributed by atoms with Crippen molar-refractivity contribution in [2.24, 2.45) is 0 Å². The van der Waals surface area contributed by atoms with Crippen LogP contribution in [0.2, 0.25) is 0 Å². The number of aromatic carboxylic acids is 1. The van der Waals surface area contributed by atoms with E-state index in [1.807, 2.05) is 45.0 Å². The van der Waals surface area contributed by atoms with Crippen molar-refractivity contribution in [3.63, 3.8) is 0 Å².